The van der Waals surface area contributed by atoms with Gasteiger partial charge in [-0.1, -0.05) is 12.1 Å². The molecular formula is C16H20O3. The Morgan fingerprint density at radius 3 is 2.95 bits per heavy atom. The molecule has 1 saturated carbocycles. The molecule has 1 heterocycles. The second kappa shape index (κ2) is 5.74. The smallest absolute Gasteiger partial charge is 0.163 e. The van der Waals surface area contributed by atoms with E-state index in [1.807, 2.05) is 24.3 Å². The molecule has 3 heteroatoms. The molecule has 1 aliphatic heterocycles. The van der Waals surface area contributed by atoms with Gasteiger partial charge in [-0.25, -0.2) is 0 Å². The maximum absolute atomic E-state index is 12.1. The quantitative estimate of drug-likeness (QED) is 0.736. The van der Waals surface area contributed by atoms with Crippen molar-refractivity contribution in [2.45, 2.75) is 50.7 Å². The van der Waals surface area contributed by atoms with E-state index in [1.54, 1.807) is 0 Å². The molecule has 0 aromatic heterocycles. The average molecular weight is 260 g/mol. The van der Waals surface area contributed by atoms with Gasteiger partial charge in [-0.2, -0.15) is 0 Å². The number of Topliss-reactive ketones (excluding diaryl/α,β-unsaturated/α-hetero) is 1. The van der Waals surface area contributed by atoms with Crippen molar-refractivity contribution in [1.82, 2.24) is 0 Å². The van der Waals surface area contributed by atoms with Crippen molar-refractivity contribution in [1.29, 1.82) is 0 Å². The SMILES string of the molecule is O=C(CCC1CCCO1)c1cccc(OC2CC2)c1. The molecule has 1 aliphatic carbocycles. The summed E-state index contributed by atoms with van der Waals surface area (Å²) in [6, 6.07) is 7.57. The summed E-state index contributed by atoms with van der Waals surface area (Å²) >= 11 is 0. The van der Waals surface area contributed by atoms with E-state index in [2.05, 4.69) is 0 Å². The Balaban J connectivity index is 1.55. The number of hydrogen-bond acceptors (Lipinski definition) is 3. The van der Waals surface area contributed by atoms with E-state index in [-0.39, 0.29) is 11.9 Å². The molecule has 2 fully saturated rings. The number of carbonyl (C=O) groups is 1. The summed E-state index contributed by atoms with van der Waals surface area (Å²) in [5, 5.41) is 0. The van der Waals surface area contributed by atoms with Gasteiger partial charge in [0.2, 0.25) is 0 Å². The number of hydrogen-bond donors (Lipinski definition) is 0. The Kier molecular flexibility index (Phi) is 3.83. The van der Waals surface area contributed by atoms with Gasteiger partial charge in [0.15, 0.2) is 5.78 Å². The minimum absolute atomic E-state index is 0.191. The molecule has 0 spiro atoms. The highest BCUT2D eigenvalue weighted by molar-refractivity contribution is 5.96. The lowest BCUT2D eigenvalue weighted by Gasteiger charge is -2.09. The normalized spacial score (nSPS) is 22.4. The van der Waals surface area contributed by atoms with E-state index in [4.69, 9.17) is 9.47 Å². The molecule has 1 aromatic carbocycles. The summed E-state index contributed by atoms with van der Waals surface area (Å²) in [7, 11) is 0. The van der Waals surface area contributed by atoms with Gasteiger partial charge in [0.1, 0.15) is 5.75 Å². The lowest BCUT2D eigenvalue weighted by atomic mass is 10.0. The first-order valence-electron chi connectivity index (χ1n) is 7.23. The predicted octanol–water partition coefficient (Wildman–Crippen LogP) is 3.37. The molecule has 1 atom stereocenters. The summed E-state index contributed by atoms with van der Waals surface area (Å²) < 4.78 is 11.3. The van der Waals surface area contributed by atoms with Crippen molar-refractivity contribution in [3.8, 4) is 5.75 Å². The van der Waals surface area contributed by atoms with E-state index in [0.717, 1.165) is 50.0 Å². The fourth-order valence-electron chi connectivity index (χ4n) is 2.43. The number of ketones is 1. The molecule has 0 bridgehead atoms. The number of ether oxygens (including phenoxy) is 2. The zero-order chi connectivity index (χ0) is 13.1. The first-order chi connectivity index (χ1) is 9.31. The van der Waals surface area contributed by atoms with Crippen LogP contribution in [0.15, 0.2) is 24.3 Å². The second-order valence-electron chi connectivity index (χ2n) is 5.44. The van der Waals surface area contributed by atoms with Crippen LogP contribution in [-0.4, -0.2) is 24.6 Å². The minimum Gasteiger partial charge on any atom is -0.490 e. The zero-order valence-corrected chi connectivity index (χ0v) is 11.1. The summed E-state index contributed by atoms with van der Waals surface area (Å²) in [5.41, 5.74) is 0.760. The Labute approximate surface area is 113 Å². The van der Waals surface area contributed by atoms with Gasteiger partial charge in [-0.3, -0.25) is 4.79 Å². The minimum atomic E-state index is 0.191. The van der Waals surface area contributed by atoms with E-state index >= 15 is 0 Å². The number of rotatable bonds is 6. The van der Waals surface area contributed by atoms with Crippen molar-refractivity contribution < 1.29 is 14.3 Å². The van der Waals surface area contributed by atoms with Crippen LogP contribution in [0.5, 0.6) is 5.75 Å². The molecule has 1 saturated heterocycles. The highest BCUT2D eigenvalue weighted by Crippen LogP contribution is 2.27. The molecule has 1 unspecified atom stereocenters. The van der Waals surface area contributed by atoms with Gasteiger partial charge in [0.05, 0.1) is 12.2 Å². The molecule has 3 rings (SSSR count). The van der Waals surface area contributed by atoms with Gasteiger partial charge in [-0.15, -0.1) is 0 Å². The van der Waals surface area contributed by atoms with Crippen molar-refractivity contribution in [2.24, 2.45) is 0 Å². The lowest BCUT2D eigenvalue weighted by Crippen LogP contribution is -2.09. The Hall–Kier alpha value is -1.35. The van der Waals surface area contributed by atoms with Gasteiger partial charge in [0, 0.05) is 18.6 Å². The standard InChI is InChI=1S/C16H20O3/c17-16(9-8-13-5-2-10-18-13)12-3-1-4-15(11-12)19-14-6-7-14/h1,3-4,11,13-14H,2,5-10H2. The molecular weight excluding hydrogens is 240 g/mol. The third-order valence-electron chi connectivity index (χ3n) is 3.70. The van der Waals surface area contributed by atoms with Crippen molar-refractivity contribution in [3.05, 3.63) is 29.8 Å². The van der Waals surface area contributed by atoms with E-state index in [9.17, 15) is 4.79 Å². The summed E-state index contributed by atoms with van der Waals surface area (Å²) in [4.78, 5) is 12.1. The third kappa shape index (κ3) is 3.57. The molecule has 102 valence electrons. The largest absolute Gasteiger partial charge is 0.490 e. The third-order valence-corrected chi connectivity index (χ3v) is 3.70. The van der Waals surface area contributed by atoms with Gasteiger partial charge in [-0.05, 0) is 44.2 Å². The van der Waals surface area contributed by atoms with Crippen LogP contribution in [-0.2, 0) is 4.74 Å². The Bertz CT molecular complexity index is 445. The second-order valence-corrected chi connectivity index (χ2v) is 5.44. The van der Waals surface area contributed by atoms with Crippen LogP contribution >= 0.6 is 0 Å². The predicted molar refractivity (Wildman–Crippen MR) is 72.6 cm³/mol. The van der Waals surface area contributed by atoms with Gasteiger partial charge < -0.3 is 9.47 Å². The first kappa shape index (κ1) is 12.7. The number of benzene rings is 1. The van der Waals surface area contributed by atoms with Crippen LogP contribution in [0, 0.1) is 0 Å². The molecule has 3 nitrogen and oxygen atoms in total. The maximum atomic E-state index is 12.1. The Morgan fingerprint density at radius 2 is 2.21 bits per heavy atom. The molecule has 0 amide bonds. The average Bonchev–Trinajstić information content (AvgIpc) is 3.08. The van der Waals surface area contributed by atoms with Crippen LogP contribution in [0.2, 0.25) is 0 Å². The van der Waals surface area contributed by atoms with Crippen molar-refractivity contribution in [2.75, 3.05) is 6.61 Å². The maximum Gasteiger partial charge on any atom is 0.163 e. The van der Waals surface area contributed by atoms with E-state index < -0.39 is 0 Å². The van der Waals surface area contributed by atoms with Crippen LogP contribution in [0.4, 0.5) is 0 Å². The number of carbonyl (C=O) groups excluding carboxylic acids is 1. The van der Waals surface area contributed by atoms with Gasteiger partial charge >= 0.3 is 0 Å². The van der Waals surface area contributed by atoms with Gasteiger partial charge in [0.25, 0.3) is 0 Å². The summed E-state index contributed by atoms with van der Waals surface area (Å²) in [5.74, 6) is 1.02. The molecule has 0 N–H and O–H groups in total. The molecule has 2 aliphatic rings. The molecule has 0 radical (unpaired) electrons. The topological polar surface area (TPSA) is 35.5 Å². The fraction of sp³-hybridized carbons (Fsp3) is 0.562. The van der Waals surface area contributed by atoms with Crippen molar-refractivity contribution in [3.63, 3.8) is 0 Å². The first-order valence-corrected chi connectivity index (χ1v) is 7.23. The fourth-order valence-corrected chi connectivity index (χ4v) is 2.43. The van der Waals surface area contributed by atoms with Crippen LogP contribution in [0.3, 0.4) is 0 Å². The van der Waals surface area contributed by atoms with E-state index in [1.165, 1.54) is 0 Å². The van der Waals surface area contributed by atoms with Crippen LogP contribution in [0.1, 0.15) is 48.9 Å². The molecule has 19 heavy (non-hydrogen) atoms. The summed E-state index contributed by atoms with van der Waals surface area (Å²) in [6.45, 7) is 0.851. The Morgan fingerprint density at radius 1 is 1.32 bits per heavy atom. The molecule has 1 aromatic rings. The highest BCUT2D eigenvalue weighted by atomic mass is 16.5. The highest BCUT2D eigenvalue weighted by Gasteiger charge is 2.23. The zero-order valence-electron chi connectivity index (χ0n) is 11.1. The van der Waals surface area contributed by atoms with Crippen molar-refractivity contribution >= 4 is 5.78 Å². The monoisotopic (exact) mass is 260 g/mol. The van der Waals surface area contributed by atoms with Crippen LogP contribution in [0.25, 0.3) is 0 Å². The van der Waals surface area contributed by atoms with Crippen LogP contribution < -0.4 is 4.74 Å². The summed E-state index contributed by atoms with van der Waals surface area (Å²) in [6.07, 6.45) is 6.56. The lowest BCUT2D eigenvalue weighted by molar-refractivity contribution is 0.0859. The van der Waals surface area contributed by atoms with E-state index in [0.29, 0.717) is 12.5 Å².